The minimum Gasteiger partial charge on any atom is -0.497 e. The van der Waals surface area contributed by atoms with Crippen LogP contribution in [0.3, 0.4) is 0 Å². The summed E-state index contributed by atoms with van der Waals surface area (Å²) in [6.07, 6.45) is 0.580. The van der Waals surface area contributed by atoms with Gasteiger partial charge in [0.15, 0.2) is 0 Å². The van der Waals surface area contributed by atoms with E-state index in [1.54, 1.807) is 45.6 Å². The van der Waals surface area contributed by atoms with E-state index in [0.717, 1.165) is 56.1 Å². The number of rotatable bonds is 14. The van der Waals surface area contributed by atoms with Crippen molar-refractivity contribution in [3.8, 4) is 17.2 Å². The van der Waals surface area contributed by atoms with Crippen LogP contribution in [0.2, 0.25) is 0 Å². The summed E-state index contributed by atoms with van der Waals surface area (Å²) < 4.78 is 45.3. The van der Waals surface area contributed by atoms with E-state index >= 15 is 0 Å². The molecule has 0 unspecified atom stereocenters. The van der Waals surface area contributed by atoms with Crippen molar-refractivity contribution in [1.29, 1.82) is 0 Å². The summed E-state index contributed by atoms with van der Waals surface area (Å²) in [6.45, 7) is 5.42. The van der Waals surface area contributed by atoms with Crippen LogP contribution in [0.4, 0.5) is 11.4 Å². The first-order valence-electron chi connectivity index (χ1n) is 14.7. The van der Waals surface area contributed by atoms with Crippen LogP contribution < -0.4 is 24.8 Å². The summed E-state index contributed by atoms with van der Waals surface area (Å²) >= 11 is 0. The second-order valence-corrected chi connectivity index (χ2v) is 12.6. The fourth-order valence-corrected chi connectivity index (χ4v) is 6.74. The van der Waals surface area contributed by atoms with Crippen LogP contribution in [0.1, 0.15) is 17.8 Å². The molecule has 0 aliphatic rings. The van der Waals surface area contributed by atoms with Crippen molar-refractivity contribution in [1.82, 2.24) is 14.3 Å². The Balaban J connectivity index is 1.33. The molecule has 0 aliphatic carbocycles. The van der Waals surface area contributed by atoms with Crippen molar-refractivity contribution >= 4 is 43.2 Å². The zero-order valence-corrected chi connectivity index (χ0v) is 27.1. The molecule has 11 heteroatoms. The maximum atomic E-state index is 13.9. The molecule has 0 radical (unpaired) electrons. The van der Waals surface area contributed by atoms with Crippen LogP contribution in [0.5, 0.6) is 17.2 Å². The first kappa shape index (κ1) is 31.8. The number of aromatic nitrogens is 2. The Bertz CT molecular complexity index is 1900. The molecule has 0 bridgehead atoms. The standard InChI is InChI=1S/C34H39N5O5S/c1-23-19-33(29-21-26(43-4)9-13-31(29)37-23)35-15-6-17-39(45(40,41)28-11-7-25(42-3)8-12-28)18-16-36-34-20-24(2)38-32-14-10-27(44-5)22-30(32)34/h7-14,19-22H,6,15-18H2,1-5H3,(H,35,37)(H,36,38). The smallest absolute Gasteiger partial charge is 0.243 e. The number of pyridine rings is 2. The third kappa shape index (κ3) is 7.38. The quantitative estimate of drug-likeness (QED) is 0.142. The summed E-state index contributed by atoms with van der Waals surface area (Å²) in [5, 5.41) is 8.80. The van der Waals surface area contributed by atoms with E-state index in [1.807, 2.05) is 62.4 Å². The Hall–Kier alpha value is -4.61. The van der Waals surface area contributed by atoms with Crippen LogP contribution in [-0.4, -0.2) is 70.2 Å². The van der Waals surface area contributed by atoms with Gasteiger partial charge in [0.05, 0.1) is 37.3 Å². The van der Waals surface area contributed by atoms with Gasteiger partial charge in [-0.3, -0.25) is 9.97 Å². The van der Waals surface area contributed by atoms with E-state index in [9.17, 15) is 8.42 Å². The van der Waals surface area contributed by atoms with E-state index in [0.29, 0.717) is 31.8 Å². The average molecular weight is 630 g/mol. The van der Waals surface area contributed by atoms with Gasteiger partial charge in [-0.25, -0.2) is 8.42 Å². The Kier molecular flexibility index (Phi) is 9.90. The second kappa shape index (κ2) is 14.0. The van der Waals surface area contributed by atoms with Gasteiger partial charge in [0.25, 0.3) is 0 Å². The third-order valence-corrected chi connectivity index (χ3v) is 9.47. The van der Waals surface area contributed by atoms with Crippen LogP contribution in [0.25, 0.3) is 21.8 Å². The Morgan fingerprint density at radius 1 is 0.644 bits per heavy atom. The van der Waals surface area contributed by atoms with Gasteiger partial charge in [0.1, 0.15) is 17.2 Å². The highest BCUT2D eigenvalue weighted by molar-refractivity contribution is 7.89. The number of ether oxygens (including phenoxy) is 3. The zero-order valence-electron chi connectivity index (χ0n) is 26.3. The first-order chi connectivity index (χ1) is 21.7. The van der Waals surface area contributed by atoms with Crippen LogP contribution >= 0.6 is 0 Å². The van der Waals surface area contributed by atoms with Crippen molar-refractivity contribution in [2.24, 2.45) is 0 Å². The fourth-order valence-electron chi connectivity index (χ4n) is 5.26. The Morgan fingerprint density at radius 2 is 1.13 bits per heavy atom. The number of benzene rings is 3. The molecule has 5 aromatic rings. The van der Waals surface area contributed by atoms with Crippen molar-refractivity contribution < 1.29 is 22.6 Å². The molecule has 5 rings (SSSR count). The molecular weight excluding hydrogens is 590 g/mol. The molecule has 0 saturated carbocycles. The number of hydrogen-bond acceptors (Lipinski definition) is 9. The lowest BCUT2D eigenvalue weighted by molar-refractivity contribution is 0.412. The van der Waals surface area contributed by atoms with E-state index in [-0.39, 0.29) is 11.4 Å². The number of methoxy groups -OCH3 is 3. The molecule has 0 amide bonds. The lowest BCUT2D eigenvalue weighted by Gasteiger charge is -2.23. The molecule has 0 saturated heterocycles. The Morgan fingerprint density at radius 3 is 1.64 bits per heavy atom. The van der Waals surface area contributed by atoms with Gasteiger partial charge in [-0.15, -0.1) is 0 Å². The number of nitrogens with zero attached hydrogens (tertiary/aromatic N) is 3. The number of sulfonamides is 1. The predicted molar refractivity (Wildman–Crippen MR) is 179 cm³/mol. The summed E-state index contributed by atoms with van der Waals surface area (Å²) in [5.41, 5.74) is 5.25. The van der Waals surface area contributed by atoms with Gasteiger partial charge in [-0.05, 0) is 93.1 Å². The summed E-state index contributed by atoms with van der Waals surface area (Å²) in [6, 6.07) is 22.0. The topological polar surface area (TPSA) is 115 Å². The van der Waals surface area contributed by atoms with Crippen molar-refractivity contribution in [2.75, 3.05) is 58.1 Å². The SMILES string of the molecule is COc1ccc(S(=O)(=O)N(CCCNc2cc(C)nc3ccc(OC)cc23)CCNc2cc(C)nc3ccc(OC)cc23)cc1. The number of fused-ring (bicyclic) bond motifs is 2. The van der Waals surface area contributed by atoms with Crippen LogP contribution in [0, 0.1) is 13.8 Å². The average Bonchev–Trinajstić information content (AvgIpc) is 3.05. The largest absolute Gasteiger partial charge is 0.497 e. The highest BCUT2D eigenvalue weighted by Gasteiger charge is 2.24. The van der Waals surface area contributed by atoms with Gasteiger partial charge >= 0.3 is 0 Å². The summed E-state index contributed by atoms with van der Waals surface area (Å²) in [5.74, 6) is 2.07. The molecule has 236 valence electrons. The minimum atomic E-state index is -3.79. The molecule has 2 heterocycles. The molecule has 10 nitrogen and oxygen atoms in total. The van der Waals surface area contributed by atoms with E-state index in [4.69, 9.17) is 14.2 Å². The highest BCUT2D eigenvalue weighted by atomic mass is 32.2. The zero-order chi connectivity index (χ0) is 32.0. The molecule has 2 aromatic heterocycles. The van der Waals surface area contributed by atoms with Crippen LogP contribution in [-0.2, 0) is 10.0 Å². The maximum absolute atomic E-state index is 13.9. The lowest BCUT2D eigenvalue weighted by Crippen LogP contribution is -2.36. The summed E-state index contributed by atoms with van der Waals surface area (Å²) in [7, 11) is 1.03. The maximum Gasteiger partial charge on any atom is 0.243 e. The van der Waals surface area contributed by atoms with Gasteiger partial charge in [0.2, 0.25) is 10.0 Å². The third-order valence-electron chi connectivity index (χ3n) is 7.56. The normalized spacial score (nSPS) is 11.6. The predicted octanol–water partition coefficient (Wildman–Crippen LogP) is 6.03. The van der Waals surface area contributed by atoms with Crippen molar-refractivity contribution in [3.05, 3.63) is 84.2 Å². The number of anilines is 2. The molecule has 0 spiro atoms. The second-order valence-electron chi connectivity index (χ2n) is 10.7. The lowest BCUT2D eigenvalue weighted by atomic mass is 10.1. The number of hydrogen-bond donors (Lipinski definition) is 2. The summed E-state index contributed by atoms with van der Waals surface area (Å²) in [4.78, 5) is 9.47. The molecule has 0 atom stereocenters. The highest BCUT2D eigenvalue weighted by Crippen LogP contribution is 2.29. The minimum absolute atomic E-state index is 0.217. The molecule has 3 aromatic carbocycles. The van der Waals surface area contributed by atoms with Crippen molar-refractivity contribution in [3.63, 3.8) is 0 Å². The molecule has 45 heavy (non-hydrogen) atoms. The van der Waals surface area contributed by atoms with Gasteiger partial charge in [-0.2, -0.15) is 4.31 Å². The number of aryl methyl sites for hydroxylation is 2. The Labute approximate surface area is 264 Å². The molecule has 2 N–H and O–H groups in total. The van der Waals surface area contributed by atoms with E-state index < -0.39 is 10.0 Å². The fraction of sp³-hybridized carbons (Fsp3) is 0.294. The number of nitrogens with one attached hydrogen (secondary N) is 2. The first-order valence-corrected chi connectivity index (χ1v) is 16.2. The van der Waals surface area contributed by atoms with Gasteiger partial charge in [-0.1, -0.05) is 0 Å². The molecule has 0 fully saturated rings. The molecular formula is C34H39N5O5S. The van der Waals surface area contributed by atoms with Crippen molar-refractivity contribution in [2.45, 2.75) is 25.2 Å². The van der Waals surface area contributed by atoms with Crippen LogP contribution in [0.15, 0.2) is 77.7 Å². The van der Waals surface area contributed by atoms with E-state index in [1.165, 1.54) is 4.31 Å². The van der Waals surface area contributed by atoms with Gasteiger partial charge < -0.3 is 24.8 Å². The monoisotopic (exact) mass is 629 g/mol. The molecule has 0 aliphatic heterocycles. The van der Waals surface area contributed by atoms with Gasteiger partial charge in [0, 0.05) is 59.7 Å². The van der Waals surface area contributed by atoms with E-state index in [2.05, 4.69) is 20.6 Å².